The predicted molar refractivity (Wildman–Crippen MR) is 58.7 cm³/mol. The van der Waals surface area contributed by atoms with Gasteiger partial charge >= 0.3 is 0 Å². The molecule has 2 nitrogen and oxygen atoms in total. The highest BCUT2D eigenvalue weighted by Crippen LogP contribution is 2.04. The summed E-state index contributed by atoms with van der Waals surface area (Å²) in [6.07, 6.45) is 2.06. The number of carbonyl (C=O) groups is 1. The van der Waals surface area contributed by atoms with Crippen molar-refractivity contribution in [3.05, 3.63) is 0 Å². The van der Waals surface area contributed by atoms with Gasteiger partial charge in [-0.1, -0.05) is 34.1 Å². The van der Waals surface area contributed by atoms with Crippen LogP contribution in [0.25, 0.3) is 0 Å². The zero-order chi connectivity index (χ0) is 10.9. The van der Waals surface area contributed by atoms with Crippen LogP contribution in [0.4, 0.5) is 0 Å². The van der Waals surface area contributed by atoms with Gasteiger partial charge in [0.15, 0.2) is 0 Å². The second kappa shape index (κ2) is 9.56. The van der Waals surface area contributed by atoms with Gasteiger partial charge < -0.3 is 5.32 Å². The standard InChI is InChI=1S/C9H19NO.C2H6/c1-5-6-8(4)9(11)10-7(2)3;1-2/h7-8H,5-6H2,1-4H3,(H,10,11);1-2H3. The fourth-order valence-corrected chi connectivity index (χ4v) is 0.991. The Balaban J connectivity index is 0. The molecule has 0 aromatic heterocycles. The van der Waals surface area contributed by atoms with Gasteiger partial charge in [-0.25, -0.2) is 0 Å². The second-order valence-corrected chi connectivity index (χ2v) is 3.35. The van der Waals surface area contributed by atoms with Crippen molar-refractivity contribution in [1.82, 2.24) is 5.32 Å². The molecule has 80 valence electrons. The Hall–Kier alpha value is -0.530. The van der Waals surface area contributed by atoms with E-state index in [4.69, 9.17) is 0 Å². The summed E-state index contributed by atoms with van der Waals surface area (Å²) >= 11 is 0. The molecule has 1 unspecified atom stereocenters. The molecule has 0 saturated carbocycles. The molecule has 0 aliphatic carbocycles. The lowest BCUT2D eigenvalue weighted by molar-refractivity contribution is -0.125. The van der Waals surface area contributed by atoms with Gasteiger partial charge in [-0.3, -0.25) is 4.79 Å². The van der Waals surface area contributed by atoms with Crippen LogP contribution < -0.4 is 5.32 Å². The van der Waals surface area contributed by atoms with Crippen molar-refractivity contribution < 1.29 is 4.79 Å². The van der Waals surface area contributed by atoms with Crippen LogP contribution in [0.15, 0.2) is 0 Å². The first-order valence-corrected chi connectivity index (χ1v) is 5.38. The van der Waals surface area contributed by atoms with Crippen molar-refractivity contribution in [1.29, 1.82) is 0 Å². The van der Waals surface area contributed by atoms with E-state index in [-0.39, 0.29) is 17.9 Å². The van der Waals surface area contributed by atoms with E-state index >= 15 is 0 Å². The van der Waals surface area contributed by atoms with E-state index in [9.17, 15) is 4.79 Å². The Morgan fingerprint density at radius 3 is 2.00 bits per heavy atom. The number of amides is 1. The lowest BCUT2D eigenvalue weighted by atomic mass is 10.1. The maximum absolute atomic E-state index is 11.2. The quantitative estimate of drug-likeness (QED) is 0.720. The van der Waals surface area contributed by atoms with Crippen molar-refractivity contribution in [2.75, 3.05) is 0 Å². The molecular weight excluding hydrogens is 162 g/mol. The highest BCUT2D eigenvalue weighted by Gasteiger charge is 2.11. The van der Waals surface area contributed by atoms with Crippen LogP contribution in [-0.2, 0) is 4.79 Å². The summed E-state index contributed by atoms with van der Waals surface area (Å²) in [6.45, 7) is 12.0. The Kier molecular flexibility index (Phi) is 11.0. The molecule has 0 aliphatic rings. The molecule has 0 heterocycles. The summed E-state index contributed by atoms with van der Waals surface area (Å²) in [5.74, 6) is 0.351. The Morgan fingerprint density at radius 2 is 1.69 bits per heavy atom. The molecule has 0 saturated heterocycles. The molecular formula is C11H25NO. The van der Waals surface area contributed by atoms with E-state index < -0.39 is 0 Å². The average Bonchev–Trinajstić information content (AvgIpc) is 2.07. The Bertz CT molecular complexity index is 121. The van der Waals surface area contributed by atoms with Crippen molar-refractivity contribution in [2.45, 2.75) is 60.4 Å². The van der Waals surface area contributed by atoms with Crippen LogP contribution in [0.3, 0.4) is 0 Å². The summed E-state index contributed by atoms with van der Waals surface area (Å²) < 4.78 is 0. The van der Waals surface area contributed by atoms with Crippen LogP contribution >= 0.6 is 0 Å². The minimum atomic E-state index is 0.169. The molecule has 0 fully saturated rings. The number of carbonyl (C=O) groups excluding carboxylic acids is 1. The molecule has 0 aliphatic heterocycles. The molecule has 0 radical (unpaired) electrons. The smallest absolute Gasteiger partial charge is 0.223 e. The van der Waals surface area contributed by atoms with Crippen molar-refractivity contribution in [2.24, 2.45) is 5.92 Å². The second-order valence-electron chi connectivity index (χ2n) is 3.35. The molecule has 1 atom stereocenters. The summed E-state index contributed by atoms with van der Waals surface area (Å²) in [7, 11) is 0. The van der Waals surface area contributed by atoms with Crippen LogP contribution in [0.2, 0.25) is 0 Å². The van der Waals surface area contributed by atoms with Gasteiger partial charge in [0.25, 0.3) is 0 Å². The molecule has 0 aromatic rings. The van der Waals surface area contributed by atoms with Crippen LogP contribution in [-0.4, -0.2) is 11.9 Å². The third-order valence-electron chi connectivity index (χ3n) is 1.60. The molecule has 0 bridgehead atoms. The van der Waals surface area contributed by atoms with E-state index in [1.807, 2.05) is 34.6 Å². The number of hydrogen-bond acceptors (Lipinski definition) is 1. The van der Waals surface area contributed by atoms with Crippen molar-refractivity contribution in [3.63, 3.8) is 0 Å². The number of hydrogen-bond donors (Lipinski definition) is 1. The van der Waals surface area contributed by atoms with Gasteiger partial charge in [0, 0.05) is 12.0 Å². The third-order valence-corrected chi connectivity index (χ3v) is 1.60. The zero-order valence-corrected chi connectivity index (χ0v) is 9.98. The van der Waals surface area contributed by atoms with Crippen LogP contribution in [0, 0.1) is 5.92 Å². The number of nitrogens with one attached hydrogen (secondary N) is 1. The van der Waals surface area contributed by atoms with Gasteiger partial charge in [0.1, 0.15) is 0 Å². The summed E-state index contributed by atoms with van der Waals surface area (Å²) in [5, 5.41) is 2.89. The highest BCUT2D eigenvalue weighted by atomic mass is 16.1. The lowest BCUT2D eigenvalue weighted by Gasteiger charge is -2.13. The molecule has 0 aromatic carbocycles. The topological polar surface area (TPSA) is 29.1 Å². The molecule has 13 heavy (non-hydrogen) atoms. The monoisotopic (exact) mass is 187 g/mol. The van der Waals surface area contributed by atoms with E-state index in [1.165, 1.54) is 0 Å². The fraction of sp³-hybridized carbons (Fsp3) is 0.909. The maximum Gasteiger partial charge on any atom is 0.223 e. The van der Waals surface area contributed by atoms with Gasteiger partial charge in [-0.05, 0) is 20.3 Å². The fourth-order valence-electron chi connectivity index (χ4n) is 0.991. The van der Waals surface area contributed by atoms with Crippen LogP contribution in [0.1, 0.15) is 54.4 Å². The number of rotatable bonds is 4. The predicted octanol–water partition coefficient (Wildman–Crippen LogP) is 2.97. The maximum atomic E-state index is 11.2. The molecule has 0 rings (SSSR count). The molecule has 1 N–H and O–H groups in total. The van der Waals surface area contributed by atoms with Crippen molar-refractivity contribution in [3.8, 4) is 0 Å². The summed E-state index contributed by atoms with van der Waals surface area (Å²) in [5.41, 5.74) is 0. The third kappa shape index (κ3) is 9.38. The highest BCUT2D eigenvalue weighted by molar-refractivity contribution is 5.78. The minimum absolute atomic E-state index is 0.169. The summed E-state index contributed by atoms with van der Waals surface area (Å²) in [6, 6.07) is 0.266. The Labute approximate surface area is 83.1 Å². The van der Waals surface area contributed by atoms with E-state index in [0.29, 0.717) is 0 Å². The first-order valence-electron chi connectivity index (χ1n) is 5.38. The molecule has 1 amide bonds. The van der Waals surface area contributed by atoms with Gasteiger partial charge in [-0.2, -0.15) is 0 Å². The molecule has 2 heteroatoms. The first-order chi connectivity index (χ1) is 6.07. The normalized spacial score (nSPS) is 11.6. The first kappa shape index (κ1) is 15.0. The van der Waals surface area contributed by atoms with Gasteiger partial charge in [0.05, 0.1) is 0 Å². The Morgan fingerprint density at radius 1 is 1.23 bits per heavy atom. The van der Waals surface area contributed by atoms with E-state index in [1.54, 1.807) is 0 Å². The molecule has 0 spiro atoms. The largest absolute Gasteiger partial charge is 0.354 e. The summed E-state index contributed by atoms with van der Waals surface area (Å²) in [4.78, 5) is 11.2. The van der Waals surface area contributed by atoms with Gasteiger partial charge in [0.2, 0.25) is 5.91 Å². The van der Waals surface area contributed by atoms with Crippen molar-refractivity contribution >= 4 is 5.91 Å². The minimum Gasteiger partial charge on any atom is -0.354 e. The lowest BCUT2D eigenvalue weighted by Crippen LogP contribution is -2.34. The zero-order valence-electron chi connectivity index (χ0n) is 9.98. The SMILES string of the molecule is CC.CCCC(C)C(=O)NC(C)C. The van der Waals surface area contributed by atoms with E-state index in [0.717, 1.165) is 12.8 Å². The van der Waals surface area contributed by atoms with E-state index in [2.05, 4.69) is 12.2 Å². The average molecular weight is 187 g/mol. The van der Waals surface area contributed by atoms with Crippen LogP contribution in [0.5, 0.6) is 0 Å². The van der Waals surface area contributed by atoms with Gasteiger partial charge in [-0.15, -0.1) is 0 Å².